The molecule has 2 atom stereocenters. The van der Waals surface area contributed by atoms with Gasteiger partial charge in [0.15, 0.2) is 0 Å². The summed E-state index contributed by atoms with van der Waals surface area (Å²) in [5.74, 6) is -1.08. The van der Waals surface area contributed by atoms with E-state index >= 15 is 0 Å². The molecule has 3 aromatic carbocycles. The van der Waals surface area contributed by atoms with Crippen LogP contribution in [0.15, 0.2) is 72.8 Å². The number of nitrogens with one attached hydrogen (secondary N) is 2. The van der Waals surface area contributed by atoms with Crippen LogP contribution in [0.4, 0.5) is 10.5 Å². The summed E-state index contributed by atoms with van der Waals surface area (Å²) < 4.78 is 5.56. The fourth-order valence-electron chi connectivity index (χ4n) is 4.77. The molecule has 0 radical (unpaired) electrons. The van der Waals surface area contributed by atoms with Gasteiger partial charge in [0.2, 0.25) is 5.91 Å². The van der Waals surface area contributed by atoms with Gasteiger partial charge in [0.1, 0.15) is 6.61 Å². The second kappa shape index (κ2) is 9.62. The molecule has 0 aromatic heterocycles. The quantitative estimate of drug-likeness (QED) is 0.452. The number of carbonyl (C=O) groups is 3. The molecule has 2 aliphatic carbocycles. The zero-order chi connectivity index (χ0) is 24.4. The molecule has 7 nitrogen and oxygen atoms in total. The second-order valence-corrected chi connectivity index (χ2v) is 9.07. The topological polar surface area (TPSA) is 105 Å². The monoisotopic (exact) mass is 470 g/mol. The second-order valence-electron chi connectivity index (χ2n) is 9.07. The molecular weight excluding hydrogens is 444 g/mol. The lowest BCUT2D eigenvalue weighted by atomic mass is 9.98. The maximum atomic E-state index is 12.5. The van der Waals surface area contributed by atoms with Gasteiger partial charge in [-0.3, -0.25) is 9.59 Å². The molecule has 5 rings (SSSR count). The zero-order valence-corrected chi connectivity index (χ0v) is 19.1. The first kappa shape index (κ1) is 22.7. The molecule has 7 heteroatoms. The number of alkyl carbamates (subject to hydrolysis) is 1. The van der Waals surface area contributed by atoms with E-state index in [4.69, 9.17) is 9.84 Å². The van der Waals surface area contributed by atoms with Crippen molar-refractivity contribution >= 4 is 23.7 Å². The molecule has 1 fully saturated rings. The lowest BCUT2D eigenvalue weighted by Crippen LogP contribution is -2.29. The third-order valence-electron chi connectivity index (χ3n) is 6.69. The minimum absolute atomic E-state index is 0.00879. The minimum atomic E-state index is -0.897. The summed E-state index contributed by atoms with van der Waals surface area (Å²) in [4.78, 5) is 35.6. The van der Waals surface area contributed by atoms with E-state index in [1.54, 1.807) is 24.3 Å². The molecular formula is C28H26N2O5. The van der Waals surface area contributed by atoms with Crippen molar-refractivity contribution in [2.24, 2.45) is 11.8 Å². The minimum Gasteiger partial charge on any atom is -0.481 e. The van der Waals surface area contributed by atoms with Gasteiger partial charge in [-0.2, -0.15) is 0 Å². The number of aliphatic carboxylic acids is 1. The van der Waals surface area contributed by atoms with Crippen molar-refractivity contribution < 1.29 is 24.2 Å². The summed E-state index contributed by atoms with van der Waals surface area (Å²) in [6, 6.07) is 23.1. The van der Waals surface area contributed by atoms with Gasteiger partial charge in [0.05, 0.1) is 6.42 Å². The fraction of sp³-hybridized carbons (Fsp3) is 0.250. The number of carboxylic acid groups (broad SMARTS) is 1. The number of ether oxygens (including phenoxy) is 1. The highest BCUT2D eigenvalue weighted by Crippen LogP contribution is 2.44. The predicted octanol–water partition coefficient (Wildman–Crippen LogP) is 4.43. The van der Waals surface area contributed by atoms with Crippen molar-refractivity contribution in [3.05, 3.63) is 89.5 Å². The van der Waals surface area contributed by atoms with Gasteiger partial charge in [-0.1, -0.05) is 60.7 Å². The normalized spacial score (nSPS) is 17.7. The first-order valence-electron chi connectivity index (χ1n) is 11.7. The maximum Gasteiger partial charge on any atom is 0.407 e. The van der Waals surface area contributed by atoms with E-state index in [0.29, 0.717) is 24.2 Å². The number of carboxylic acids is 1. The largest absolute Gasteiger partial charge is 0.481 e. The summed E-state index contributed by atoms with van der Waals surface area (Å²) in [6.45, 7) is 0.638. The van der Waals surface area contributed by atoms with Crippen LogP contribution in [-0.4, -0.2) is 36.2 Å². The Morgan fingerprint density at radius 1 is 0.886 bits per heavy atom. The van der Waals surface area contributed by atoms with Gasteiger partial charge in [-0.05, 0) is 52.3 Å². The number of benzene rings is 3. The molecule has 0 heterocycles. The third kappa shape index (κ3) is 5.04. The molecule has 0 bridgehead atoms. The Labute approximate surface area is 203 Å². The van der Waals surface area contributed by atoms with Crippen molar-refractivity contribution in [3.63, 3.8) is 0 Å². The van der Waals surface area contributed by atoms with Crippen LogP contribution in [0, 0.1) is 11.8 Å². The van der Waals surface area contributed by atoms with Gasteiger partial charge in [0, 0.05) is 24.1 Å². The SMILES string of the molecule is O=C(O)Cc1ccc(NC(=O)[C@H]2C[C@H]2CNC(=O)OCC2c3ccccc3-c3ccccc32)cc1. The highest BCUT2D eigenvalue weighted by atomic mass is 16.5. The van der Waals surface area contributed by atoms with Crippen LogP contribution in [-0.2, 0) is 20.7 Å². The zero-order valence-electron chi connectivity index (χ0n) is 19.1. The number of amides is 2. The van der Waals surface area contributed by atoms with E-state index < -0.39 is 12.1 Å². The van der Waals surface area contributed by atoms with Crippen molar-refractivity contribution in [3.8, 4) is 11.1 Å². The summed E-state index contributed by atoms with van der Waals surface area (Å²) in [5.41, 5.74) is 5.99. The average molecular weight is 471 g/mol. The van der Waals surface area contributed by atoms with Gasteiger partial charge < -0.3 is 20.5 Å². The van der Waals surface area contributed by atoms with Crippen LogP contribution in [0.5, 0.6) is 0 Å². The van der Waals surface area contributed by atoms with E-state index in [9.17, 15) is 14.4 Å². The Morgan fingerprint density at radius 2 is 1.51 bits per heavy atom. The highest BCUT2D eigenvalue weighted by Gasteiger charge is 2.43. The van der Waals surface area contributed by atoms with Crippen LogP contribution < -0.4 is 10.6 Å². The molecule has 1 saturated carbocycles. The summed E-state index contributed by atoms with van der Waals surface area (Å²) in [5, 5.41) is 14.5. The Morgan fingerprint density at radius 3 is 2.14 bits per heavy atom. The third-order valence-corrected chi connectivity index (χ3v) is 6.69. The molecule has 3 aromatic rings. The first-order chi connectivity index (χ1) is 17.0. The van der Waals surface area contributed by atoms with Crippen LogP contribution in [0.3, 0.4) is 0 Å². The summed E-state index contributed by atoms with van der Waals surface area (Å²) in [7, 11) is 0. The number of hydrogen-bond donors (Lipinski definition) is 3. The highest BCUT2D eigenvalue weighted by molar-refractivity contribution is 5.94. The number of rotatable bonds is 8. The molecule has 0 unspecified atom stereocenters. The lowest BCUT2D eigenvalue weighted by Gasteiger charge is -2.14. The number of hydrogen-bond acceptors (Lipinski definition) is 4. The maximum absolute atomic E-state index is 12.5. The molecule has 178 valence electrons. The molecule has 0 saturated heterocycles. The molecule has 2 amide bonds. The molecule has 3 N–H and O–H groups in total. The molecule has 0 aliphatic heterocycles. The Balaban J connectivity index is 1.08. The Bertz CT molecular complexity index is 1220. The van der Waals surface area contributed by atoms with Gasteiger partial charge in [0.25, 0.3) is 0 Å². The predicted molar refractivity (Wildman–Crippen MR) is 131 cm³/mol. The Hall–Kier alpha value is -4.13. The van der Waals surface area contributed by atoms with E-state index in [-0.39, 0.29) is 36.7 Å². The number of carbonyl (C=O) groups excluding carboxylic acids is 2. The van der Waals surface area contributed by atoms with Crippen LogP contribution in [0.25, 0.3) is 11.1 Å². The standard InChI is InChI=1S/C28H26N2O5/c31-26(32)13-17-9-11-19(12-10-17)30-27(33)24-14-18(24)15-29-28(34)35-16-25-22-7-3-1-5-20(22)21-6-2-4-8-23(21)25/h1-12,18,24-25H,13-16H2,(H,29,34)(H,30,33)(H,31,32)/t18-,24-/m0/s1. The smallest absolute Gasteiger partial charge is 0.407 e. The molecule has 35 heavy (non-hydrogen) atoms. The number of fused-ring (bicyclic) bond motifs is 3. The van der Waals surface area contributed by atoms with E-state index in [1.165, 1.54) is 11.1 Å². The van der Waals surface area contributed by atoms with Crippen LogP contribution >= 0.6 is 0 Å². The number of anilines is 1. The van der Waals surface area contributed by atoms with E-state index in [1.807, 2.05) is 24.3 Å². The van der Waals surface area contributed by atoms with Crippen molar-refractivity contribution in [2.45, 2.75) is 18.8 Å². The van der Waals surface area contributed by atoms with Crippen molar-refractivity contribution in [2.75, 3.05) is 18.5 Å². The summed E-state index contributed by atoms with van der Waals surface area (Å²) in [6.07, 6.45) is 0.166. The van der Waals surface area contributed by atoms with E-state index in [2.05, 4.69) is 34.9 Å². The lowest BCUT2D eigenvalue weighted by molar-refractivity contribution is -0.136. The molecule has 2 aliphatic rings. The van der Waals surface area contributed by atoms with Crippen LogP contribution in [0.2, 0.25) is 0 Å². The average Bonchev–Trinajstić information content (AvgIpc) is 3.57. The van der Waals surface area contributed by atoms with Crippen molar-refractivity contribution in [1.82, 2.24) is 5.32 Å². The fourth-order valence-corrected chi connectivity index (χ4v) is 4.77. The first-order valence-corrected chi connectivity index (χ1v) is 11.7. The molecule has 0 spiro atoms. The Kier molecular flexibility index (Phi) is 6.23. The van der Waals surface area contributed by atoms with Gasteiger partial charge >= 0.3 is 12.1 Å². The van der Waals surface area contributed by atoms with Crippen molar-refractivity contribution in [1.29, 1.82) is 0 Å². The van der Waals surface area contributed by atoms with E-state index in [0.717, 1.165) is 11.1 Å². The van der Waals surface area contributed by atoms with Gasteiger partial charge in [-0.15, -0.1) is 0 Å². The van der Waals surface area contributed by atoms with Gasteiger partial charge in [-0.25, -0.2) is 4.79 Å². The van der Waals surface area contributed by atoms with Crippen LogP contribution in [0.1, 0.15) is 29.0 Å². The summed E-state index contributed by atoms with van der Waals surface area (Å²) >= 11 is 0.